The lowest BCUT2D eigenvalue weighted by atomic mass is 10.5. The molecule has 2 N–H and O–H groups in total. The van der Waals surface area contributed by atoms with Crippen molar-refractivity contribution in [3.63, 3.8) is 0 Å². The number of nitrogens with one attached hydrogen (secondary N) is 2. The fourth-order valence-electron chi connectivity index (χ4n) is 0.989. The maximum atomic E-state index is 11.2. The first-order chi connectivity index (χ1) is 9.12. The summed E-state index contributed by atoms with van der Waals surface area (Å²) >= 11 is 0. The molecule has 0 aliphatic rings. The Morgan fingerprint density at radius 1 is 0.800 bits per heavy atom. The molecular formula is C10H16N2O6S2. The van der Waals surface area contributed by atoms with Crippen LogP contribution in [0, 0.1) is 0 Å². The Morgan fingerprint density at radius 3 is 1.35 bits per heavy atom. The number of hydrogen-bond acceptors (Lipinski definition) is 6. The van der Waals surface area contributed by atoms with Crippen LogP contribution in [-0.2, 0) is 29.3 Å². The van der Waals surface area contributed by atoms with Crippen LogP contribution in [0.3, 0.4) is 0 Å². The lowest BCUT2D eigenvalue weighted by Crippen LogP contribution is -2.38. The summed E-state index contributed by atoms with van der Waals surface area (Å²) in [4.78, 5) is 22.4. The average molecular weight is 324 g/mol. The fourth-order valence-corrected chi connectivity index (χ4v) is 2.16. The van der Waals surface area contributed by atoms with E-state index < -0.39 is 43.0 Å². The Labute approximate surface area is 117 Å². The summed E-state index contributed by atoms with van der Waals surface area (Å²) in [6, 6.07) is 0. The third-order valence-electron chi connectivity index (χ3n) is 1.94. The Kier molecular flexibility index (Phi) is 7.14. The highest BCUT2D eigenvalue weighted by Gasteiger charge is 2.13. The van der Waals surface area contributed by atoms with E-state index >= 15 is 0 Å². The van der Waals surface area contributed by atoms with Gasteiger partial charge in [-0.2, -0.15) is 0 Å². The number of sulfone groups is 2. The fraction of sp³-hybridized carbons (Fsp3) is 0.400. The van der Waals surface area contributed by atoms with E-state index in [2.05, 4.69) is 23.8 Å². The predicted molar refractivity (Wildman–Crippen MR) is 74.0 cm³/mol. The van der Waals surface area contributed by atoms with Crippen LogP contribution in [0.25, 0.3) is 0 Å². The summed E-state index contributed by atoms with van der Waals surface area (Å²) in [5.74, 6) is -2.93. The molecule has 8 nitrogen and oxygen atoms in total. The first-order valence-electron chi connectivity index (χ1n) is 5.35. The minimum absolute atomic E-state index is 0.0224. The highest BCUT2D eigenvalue weighted by Crippen LogP contribution is 1.90. The van der Waals surface area contributed by atoms with Gasteiger partial charge < -0.3 is 10.6 Å². The quantitative estimate of drug-likeness (QED) is 0.489. The largest absolute Gasteiger partial charge is 0.353 e. The van der Waals surface area contributed by atoms with Crippen LogP contribution in [0.15, 0.2) is 24.0 Å². The Bertz CT molecular complexity index is 537. The molecule has 0 radical (unpaired) electrons. The maximum absolute atomic E-state index is 11.2. The third-order valence-corrected chi connectivity index (χ3v) is 4.29. The van der Waals surface area contributed by atoms with Crippen LogP contribution < -0.4 is 10.6 Å². The molecule has 0 unspecified atom stereocenters. The molecule has 2 amide bonds. The van der Waals surface area contributed by atoms with Gasteiger partial charge in [0.2, 0.25) is 11.8 Å². The molecule has 0 saturated heterocycles. The zero-order valence-electron chi connectivity index (χ0n) is 10.7. The van der Waals surface area contributed by atoms with Crippen molar-refractivity contribution in [3.8, 4) is 0 Å². The lowest BCUT2D eigenvalue weighted by molar-refractivity contribution is -0.120. The van der Waals surface area contributed by atoms with Crippen molar-refractivity contribution >= 4 is 31.5 Å². The van der Waals surface area contributed by atoms with Gasteiger partial charge in [-0.25, -0.2) is 16.8 Å². The summed E-state index contributed by atoms with van der Waals surface area (Å²) in [5.41, 5.74) is 0. The molecule has 0 spiro atoms. The van der Waals surface area contributed by atoms with Crippen LogP contribution in [0.4, 0.5) is 0 Å². The monoisotopic (exact) mass is 324 g/mol. The van der Waals surface area contributed by atoms with E-state index in [1.165, 1.54) is 0 Å². The van der Waals surface area contributed by atoms with Crippen molar-refractivity contribution in [2.45, 2.75) is 0 Å². The zero-order chi connectivity index (χ0) is 15.8. The van der Waals surface area contributed by atoms with Gasteiger partial charge in [0.25, 0.3) is 0 Å². The highest BCUT2D eigenvalue weighted by atomic mass is 32.2. The molecule has 0 rings (SSSR count). The third kappa shape index (κ3) is 8.43. The second kappa shape index (κ2) is 7.80. The molecule has 0 aliphatic carbocycles. The van der Waals surface area contributed by atoms with E-state index in [1.807, 2.05) is 0 Å². The first-order valence-corrected chi connectivity index (χ1v) is 8.79. The Morgan fingerprint density at radius 2 is 1.10 bits per heavy atom. The second-order valence-corrected chi connectivity index (χ2v) is 7.54. The van der Waals surface area contributed by atoms with Crippen LogP contribution in [-0.4, -0.2) is 53.2 Å². The van der Waals surface area contributed by atoms with Crippen LogP contribution in [0.2, 0.25) is 0 Å². The van der Waals surface area contributed by atoms with Gasteiger partial charge >= 0.3 is 0 Å². The Balaban J connectivity index is 3.99. The van der Waals surface area contributed by atoms with Crippen LogP contribution >= 0.6 is 0 Å². The molecule has 0 aromatic heterocycles. The molecule has 20 heavy (non-hydrogen) atoms. The zero-order valence-corrected chi connectivity index (χ0v) is 12.3. The van der Waals surface area contributed by atoms with Gasteiger partial charge in [-0.05, 0) is 0 Å². The van der Waals surface area contributed by atoms with Gasteiger partial charge in [-0.1, -0.05) is 13.2 Å². The number of rotatable bonds is 9. The van der Waals surface area contributed by atoms with Crippen molar-refractivity contribution in [3.05, 3.63) is 24.0 Å². The summed E-state index contributed by atoms with van der Waals surface area (Å²) in [7, 11) is -7.25. The molecule has 0 aromatic rings. The number of carbonyl (C=O) groups excluding carboxylic acids is 2. The molecule has 0 aromatic carbocycles. The minimum atomic E-state index is -3.63. The van der Waals surface area contributed by atoms with Gasteiger partial charge in [-0.15, -0.1) is 0 Å². The van der Waals surface area contributed by atoms with Crippen LogP contribution in [0.5, 0.6) is 0 Å². The first kappa shape index (κ1) is 18.3. The minimum Gasteiger partial charge on any atom is -0.353 e. The van der Waals surface area contributed by atoms with E-state index in [1.54, 1.807) is 0 Å². The molecule has 114 valence electrons. The molecule has 0 fully saturated rings. The van der Waals surface area contributed by atoms with Gasteiger partial charge in [0.1, 0.15) is 11.5 Å². The molecule has 10 heteroatoms. The van der Waals surface area contributed by atoms with Crippen molar-refractivity contribution < 1.29 is 26.4 Å². The second-order valence-electron chi connectivity index (χ2n) is 3.65. The van der Waals surface area contributed by atoms with Crippen molar-refractivity contribution in [2.24, 2.45) is 0 Å². The Hall–Kier alpha value is -1.68. The topological polar surface area (TPSA) is 126 Å². The summed E-state index contributed by atoms with van der Waals surface area (Å²) in [6.45, 7) is 6.07. The van der Waals surface area contributed by atoms with E-state index in [0.717, 1.165) is 0 Å². The number of carbonyl (C=O) groups is 2. The summed E-state index contributed by atoms with van der Waals surface area (Å²) in [6.07, 6.45) is 0. The van der Waals surface area contributed by atoms with E-state index in [4.69, 9.17) is 0 Å². The van der Waals surface area contributed by atoms with Crippen molar-refractivity contribution in [1.29, 1.82) is 0 Å². The molecule has 0 heterocycles. The van der Waals surface area contributed by atoms with E-state index in [9.17, 15) is 26.4 Å². The van der Waals surface area contributed by atoms with Crippen molar-refractivity contribution in [2.75, 3.05) is 24.6 Å². The van der Waals surface area contributed by atoms with Crippen molar-refractivity contribution in [1.82, 2.24) is 10.6 Å². The van der Waals surface area contributed by atoms with Gasteiger partial charge in [-0.3, -0.25) is 9.59 Å². The lowest BCUT2D eigenvalue weighted by Gasteiger charge is -2.06. The number of hydrogen-bond donors (Lipinski definition) is 2. The predicted octanol–water partition coefficient (Wildman–Crippen LogP) is -1.66. The van der Waals surface area contributed by atoms with Gasteiger partial charge in [0.15, 0.2) is 19.7 Å². The molecule has 0 bridgehead atoms. The molecule has 0 aliphatic heterocycles. The van der Waals surface area contributed by atoms with E-state index in [-0.39, 0.29) is 13.1 Å². The normalized spacial score (nSPS) is 11.4. The summed E-state index contributed by atoms with van der Waals surface area (Å²) in [5, 5.41) is 5.86. The number of amides is 2. The molecular weight excluding hydrogens is 308 g/mol. The van der Waals surface area contributed by atoms with E-state index in [0.29, 0.717) is 10.8 Å². The van der Waals surface area contributed by atoms with Gasteiger partial charge in [0.05, 0.1) is 0 Å². The molecule has 0 atom stereocenters. The van der Waals surface area contributed by atoms with Gasteiger partial charge in [0, 0.05) is 23.9 Å². The molecule has 0 saturated carbocycles. The summed E-state index contributed by atoms with van der Waals surface area (Å²) < 4.78 is 44.1. The highest BCUT2D eigenvalue weighted by molar-refractivity contribution is 7.95. The smallest absolute Gasteiger partial charge is 0.235 e. The average Bonchev–Trinajstić information content (AvgIpc) is 2.33. The van der Waals surface area contributed by atoms with Crippen LogP contribution in [0.1, 0.15) is 0 Å². The SMILES string of the molecule is C=CS(=O)(=O)CC(=O)NCCNC(=O)CS(=O)(=O)C=C. The standard InChI is InChI=1S/C10H16N2O6S2/c1-3-19(15,16)7-9(13)11-5-6-12-10(14)8-20(17,18)4-2/h3-4H,1-2,5-8H2,(H,11,13)(H,12,14). The maximum Gasteiger partial charge on any atom is 0.235 e.